The predicted molar refractivity (Wildman–Crippen MR) is 253 cm³/mol. The first-order valence-electron chi connectivity index (χ1n) is 23.4. The molecule has 6 aliphatic rings. The van der Waals surface area contributed by atoms with Gasteiger partial charge in [0.2, 0.25) is 0 Å². The molecule has 6 aliphatic carbocycles. The molecule has 7 aromatic carbocycles. The smallest absolute Gasteiger partial charge is 0.0468 e. The Morgan fingerprint density at radius 1 is 0.367 bits per heavy atom. The Morgan fingerprint density at radius 2 is 0.733 bits per heavy atom. The number of anilines is 6. The molecule has 0 radical (unpaired) electrons. The second-order valence-electron chi connectivity index (χ2n) is 20.3. The minimum Gasteiger partial charge on any atom is -0.310 e. The highest BCUT2D eigenvalue weighted by Crippen LogP contribution is 2.64. The van der Waals surface area contributed by atoms with Crippen LogP contribution in [0, 0.1) is 29.6 Å². The van der Waals surface area contributed by atoms with Gasteiger partial charge < -0.3 is 9.80 Å². The van der Waals surface area contributed by atoms with Gasteiger partial charge in [-0.15, -0.1) is 0 Å². The highest BCUT2D eigenvalue weighted by molar-refractivity contribution is 6.10. The van der Waals surface area contributed by atoms with E-state index in [1.807, 2.05) is 0 Å². The van der Waals surface area contributed by atoms with Gasteiger partial charge in [-0.25, -0.2) is 0 Å². The number of fused-ring (bicyclic) bond motifs is 4. The Hall–Kier alpha value is -5.34. The molecule has 6 bridgehead atoms. The summed E-state index contributed by atoms with van der Waals surface area (Å²) < 4.78 is 0. The number of rotatable bonds is 8. The fraction of sp³-hybridized carbons (Fsp3) is 0.345. The summed E-state index contributed by atoms with van der Waals surface area (Å²) in [5.41, 5.74) is 10.9. The lowest BCUT2D eigenvalue weighted by Crippen LogP contribution is -2.48. The van der Waals surface area contributed by atoms with Crippen LogP contribution in [0.25, 0.3) is 21.5 Å². The molecule has 0 saturated heterocycles. The summed E-state index contributed by atoms with van der Waals surface area (Å²) in [6.45, 7) is 2.68. The Bertz CT molecular complexity index is 2540. The summed E-state index contributed by atoms with van der Waals surface area (Å²) in [6.07, 6.45) is 16.6. The molecule has 2 nitrogen and oxygen atoms in total. The van der Waals surface area contributed by atoms with Crippen molar-refractivity contribution in [3.8, 4) is 0 Å². The molecule has 0 aromatic heterocycles. The highest BCUT2D eigenvalue weighted by Gasteiger charge is 2.53. The molecule has 2 heteroatoms. The number of para-hydroxylation sites is 4. The fourth-order valence-electron chi connectivity index (χ4n) is 14.7. The number of hydrogen-bond donors (Lipinski definition) is 0. The van der Waals surface area contributed by atoms with Gasteiger partial charge in [0.15, 0.2) is 0 Å². The van der Waals surface area contributed by atoms with Crippen LogP contribution in [0.4, 0.5) is 34.1 Å². The van der Waals surface area contributed by atoms with Crippen molar-refractivity contribution in [1.29, 1.82) is 0 Å². The van der Waals surface area contributed by atoms with E-state index in [1.165, 1.54) is 133 Å². The van der Waals surface area contributed by atoms with Crippen LogP contribution >= 0.6 is 0 Å². The lowest BCUT2D eigenvalue weighted by Gasteiger charge is -2.57. The monoisotopic (exact) mass is 782 g/mol. The first-order chi connectivity index (χ1) is 29.5. The molecular weight excluding hydrogens is 725 g/mol. The van der Waals surface area contributed by atoms with Crippen LogP contribution in [0.15, 0.2) is 158 Å². The molecule has 60 heavy (non-hydrogen) atoms. The third-order valence-electron chi connectivity index (χ3n) is 16.2. The van der Waals surface area contributed by atoms with Crippen LogP contribution in [-0.2, 0) is 10.8 Å². The molecular formula is C58H58N2. The van der Waals surface area contributed by atoms with Crippen molar-refractivity contribution in [1.82, 2.24) is 0 Å². The van der Waals surface area contributed by atoms with Crippen molar-refractivity contribution in [3.63, 3.8) is 0 Å². The van der Waals surface area contributed by atoms with Crippen molar-refractivity contribution in [3.05, 3.63) is 169 Å². The largest absolute Gasteiger partial charge is 0.310 e. The van der Waals surface area contributed by atoms with Gasteiger partial charge in [0.25, 0.3) is 0 Å². The average Bonchev–Trinajstić information content (AvgIpc) is 3.26. The van der Waals surface area contributed by atoms with E-state index in [0.29, 0.717) is 0 Å². The summed E-state index contributed by atoms with van der Waals surface area (Å²) in [5.74, 6) is 4.20. The summed E-state index contributed by atoms with van der Waals surface area (Å²) >= 11 is 0. The van der Waals surface area contributed by atoms with E-state index < -0.39 is 0 Å². The maximum atomic E-state index is 2.68. The predicted octanol–water partition coefficient (Wildman–Crippen LogP) is 16.3. The average molecular weight is 783 g/mol. The zero-order valence-electron chi connectivity index (χ0n) is 35.3. The van der Waals surface area contributed by atoms with E-state index in [-0.39, 0.29) is 10.8 Å². The van der Waals surface area contributed by atoms with Gasteiger partial charge in [0.05, 0.1) is 0 Å². The summed E-state index contributed by atoms with van der Waals surface area (Å²) in [7, 11) is 0. The van der Waals surface area contributed by atoms with Gasteiger partial charge >= 0.3 is 0 Å². The maximum absolute atomic E-state index is 2.68. The quantitative estimate of drug-likeness (QED) is 0.142. The summed E-state index contributed by atoms with van der Waals surface area (Å²) in [5, 5.41) is 6.09. The fourth-order valence-corrected chi connectivity index (χ4v) is 14.7. The van der Waals surface area contributed by atoms with Crippen LogP contribution in [0.2, 0.25) is 0 Å². The van der Waals surface area contributed by atoms with Crippen LogP contribution in [0.3, 0.4) is 0 Å². The lowest BCUT2D eigenvalue weighted by molar-refractivity contribution is -0.00384. The Morgan fingerprint density at radius 3 is 1.15 bits per heavy atom. The summed E-state index contributed by atoms with van der Waals surface area (Å²) in [4.78, 5) is 5.00. The topological polar surface area (TPSA) is 6.48 Å². The van der Waals surface area contributed by atoms with Crippen LogP contribution in [0.1, 0.15) is 95.1 Å². The van der Waals surface area contributed by atoms with Gasteiger partial charge in [0.1, 0.15) is 0 Å². The Kier molecular flexibility index (Phi) is 8.76. The molecule has 7 aromatic rings. The minimum absolute atomic E-state index is 0.0908. The highest BCUT2D eigenvalue weighted by atomic mass is 15.1. The van der Waals surface area contributed by atoms with Crippen LogP contribution in [-0.4, -0.2) is 0 Å². The molecule has 0 amide bonds. The molecule has 6 fully saturated rings. The van der Waals surface area contributed by atoms with Crippen molar-refractivity contribution in [2.45, 2.75) is 94.8 Å². The minimum atomic E-state index is 0.0908. The first kappa shape index (κ1) is 36.5. The number of hydrogen-bond acceptors (Lipinski definition) is 2. The molecule has 6 saturated carbocycles. The number of nitrogens with zero attached hydrogens (tertiary/aromatic N) is 2. The van der Waals surface area contributed by atoms with Crippen molar-refractivity contribution in [2.24, 2.45) is 29.6 Å². The molecule has 0 spiro atoms. The molecule has 13 rings (SSSR count). The second-order valence-corrected chi connectivity index (χ2v) is 20.3. The third kappa shape index (κ3) is 6.11. The molecule has 2 atom stereocenters. The molecule has 2 unspecified atom stereocenters. The molecule has 0 aliphatic heterocycles. The SMILES string of the molecule is CC1(c2c3cc(N(c4ccccc4)c4ccccc4)ccc3c(C34CC5CC(CC(C5)C3)C4)c3cc(N(c4ccccc4)c4ccccc4)ccc23)CC2CCCC(C2)C1. The third-order valence-corrected chi connectivity index (χ3v) is 16.2. The van der Waals surface area contributed by atoms with E-state index in [2.05, 4.69) is 174 Å². The van der Waals surface area contributed by atoms with Crippen LogP contribution < -0.4 is 9.80 Å². The molecule has 300 valence electrons. The lowest BCUT2D eigenvalue weighted by atomic mass is 9.47. The van der Waals surface area contributed by atoms with Crippen LogP contribution in [0.5, 0.6) is 0 Å². The van der Waals surface area contributed by atoms with E-state index in [9.17, 15) is 0 Å². The van der Waals surface area contributed by atoms with Gasteiger partial charge in [-0.1, -0.05) is 111 Å². The van der Waals surface area contributed by atoms with Crippen molar-refractivity contribution >= 4 is 55.7 Å². The second kappa shape index (κ2) is 14.4. The van der Waals surface area contributed by atoms with Crippen molar-refractivity contribution in [2.75, 3.05) is 9.80 Å². The van der Waals surface area contributed by atoms with E-state index in [1.54, 1.807) is 11.1 Å². The summed E-state index contributed by atoms with van der Waals surface area (Å²) in [6, 6.07) is 59.7. The zero-order valence-corrected chi connectivity index (χ0v) is 35.3. The van der Waals surface area contributed by atoms with E-state index >= 15 is 0 Å². The van der Waals surface area contributed by atoms with Gasteiger partial charge in [0, 0.05) is 34.1 Å². The van der Waals surface area contributed by atoms with Gasteiger partial charge in [-0.2, -0.15) is 0 Å². The Labute approximate surface area is 357 Å². The normalized spacial score (nSPS) is 27.9. The maximum Gasteiger partial charge on any atom is 0.0468 e. The molecule has 0 N–H and O–H groups in total. The molecule has 0 heterocycles. The van der Waals surface area contributed by atoms with Gasteiger partial charge in [-0.05, 0) is 204 Å². The van der Waals surface area contributed by atoms with E-state index in [4.69, 9.17) is 0 Å². The van der Waals surface area contributed by atoms with Gasteiger partial charge in [-0.3, -0.25) is 0 Å². The van der Waals surface area contributed by atoms with E-state index in [0.717, 1.165) is 29.6 Å². The number of benzene rings is 7. The first-order valence-corrected chi connectivity index (χ1v) is 23.4. The standard InChI is InChI=1S/C58H58N2/c1-57(35-40-15-14-16-41(29-40)36-57)55-51-27-25-50(60(47-21-10-4-11-22-47)48-23-12-5-13-24-48)34-54(51)56(58-37-42-30-43(38-58)32-44(31-42)39-58)52-28-26-49(33-53(52)55)59(45-17-6-2-7-18-45)46-19-8-3-9-20-46/h2-13,17-28,33-34,40-44H,14-16,29-32,35-39H2,1H3. The zero-order chi connectivity index (χ0) is 39.8. The Balaban J connectivity index is 1.17. The van der Waals surface area contributed by atoms with Crippen molar-refractivity contribution < 1.29 is 0 Å².